The molecule has 1 aromatic carbocycles. The number of hydrazone groups is 1. The zero-order valence-corrected chi connectivity index (χ0v) is 19.0. The van der Waals surface area contributed by atoms with Crippen LogP contribution in [0.4, 0.5) is 5.69 Å². The minimum Gasteiger partial charge on any atom is -0.317 e. The van der Waals surface area contributed by atoms with Gasteiger partial charge in [-0.3, -0.25) is 20.3 Å². The van der Waals surface area contributed by atoms with Crippen molar-refractivity contribution in [2.75, 3.05) is 0 Å². The molecule has 4 rings (SSSR count). The van der Waals surface area contributed by atoms with Crippen molar-refractivity contribution in [2.24, 2.45) is 10.1 Å². The number of hydrogen-bond donors (Lipinski definition) is 1. The van der Waals surface area contributed by atoms with Gasteiger partial charge in [-0.2, -0.15) is 15.1 Å². The molecule has 0 aliphatic carbocycles. The highest BCUT2D eigenvalue weighted by atomic mass is 32.2. The molecule has 0 fully saturated rings. The van der Waals surface area contributed by atoms with E-state index < -0.39 is 10.8 Å². The van der Waals surface area contributed by atoms with E-state index >= 15 is 0 Å². The van der Waals surface area contributed by atoms with Crippen molar-refractivity contribution in [1.29, 1.82) is 5.41 Å². The van der Waals surface area contributed by atoms with Crippen molar-refractivity contribution in [3.8, 4) is 5.69 Å². The molecule has 0 unspecified atom stereocenters. The van der Waals surface area contributed by atoms with Crippen LogP contribution in [0.5, 0.6) is 0 Å². The van der Waals surface area contributed by atoms with Gasteiger partial charge >= 0.3 is 0 Å². The van der Waals surface area contributed by atoms with Crippen LogP contribution in [0.15, 0.2) is 39.9 Å². The van der Waals surface area contributed by atoms with Crippen LogP contribution in [0.3, 0.4) is 0 Å². The third-order valence-corrected chi connectivity index (χ3v) is 6.34. The molecule has 9 nitrogen and oxygen atoms in total. The largest absolute Gasteiger partial charge is 0.317 e. The molecule has 0 spiro atoms. The van der Waals surface area contributed by atoms with E-state index in [1.165, 1.54) is 22.8 Å². The van der Waals surface area contributed by atoms with Crippen LogP contribution in [0.25, 0.3) is 11.8 Å². The molecule has 2 aliphatic rings. The van der Waals surface area contributed by atoms with Gasteiger partial charge in [-0.25, -0.2) is 0 Å². The Kier molecular flexibility index (Phi) is 5.55. The molecular formula is C22H22N6O3S. The SMILES string of the molecule is CCCC1=NN2C(=N)/C(=C/c3cc(C)n(-c4cc([N+](=O)[O-])ccc4C)c3C)C(=O)N=C2S1. The Morgan fingerprint density at radius 1 is 1.25 bits per heavy atom. The summed E-state index contributed by atoms with van der Waals surface area (Å²) < 4.78 is 1.92. The lowest BCUT2D eigenvalue weighted by atomic mass is 10.1. The molecule has 0 saturated heterocycles. The summed E-state index contributed by atoms with van der Waals surface area (Å²) in [5, 5.41) is 26.9. The van der Waals surface area contributed by atoms with Crippen molar-refractivity contribution in [1.82, 2.24) is 9.58 Å². The topological polar surface area (TPSA) is 117 Å². The average Bonchev–Trinajstić information content (AvgIpc) is 3.26. The van der Waals surface area contributed by atoms with Gasteiger partial charge in [0.1, 0.15) is 5.04 Å². The van der Waals surface area contributed by atoms with Gasteiger partial charge in [0.05, 0.1) is 16.2 Å². The van der Waals surface area contributed by atoms with E-state index in [1.54, 1.807) is 18.2 Å². The summed E-state index contributed by atoms with van der Waals surface area (Å²) in [6.45, 7) is 7.72. The van der Waals surface area contributed by atoms with Gasteiger partial charge in [0.2, 0.25) is 5.17 Å². The summed E-state index contributed by atoms with van der Waals surface area (Å²) in [7, 11) is 0. The zero-order valence-electron chi connectivity index (χ0n) is 18.2. The highest BCUT2D eigenvalue weighted by molar-refractivity contribution is 8.26. The van der Waals surface area contributed by atoms with Gasteiger partial charge in [-0.15, -0.1) is 0 Å². The first-order valence-corrected chi connectivity index (χ1v) is 11.0. The number of amidine groups is 2. The summed E-state index contributed by atoms with van der Waals surface area (Å²) in [5.41, 5.74) is 4.16. The first-order valence-electron chi connectivity index (χ1n) is 10.1. The normalized spacial score (nSPS) is 17.0. The second kappa shape index (κ2) is 8.19. The molecule has 2 aliphatic heterocycles. The van der Waals surface area contributed by atoms with E-state index in [2.05, 4.69) is 10.1 Å². The molecule has 1 aromatic heterocycles. The van der Waals surface area contributed by atoms with Crippen molar-refractivity contribution in [3.63, 3.8) is 0 Å². The molecule has 0 saturated carbocycles. The quantitative estimate of drug-likeness (QED) is 0.401. The fraction of sp³-hybridized carbons (Fsp3) is 0.273. The fourth-order valence-electron chi connectivity index (χ4n) is 3.76. The Morgan fingerprint density at radius 2 is 2.00 bits per heavy atom. The van der Waals surface area contributed by atoms with E-state index in [0.717, 1.165) is 40.4 Å². The lowest BCUT2D eigenvalue weighted by Gasteiger charge is -2.20. The smallest absolute Gasteiger partial charge is 0.283 e. The first kappa shape index (κ1) is 21.7. The van der Waals surface area contributed by atoms with Crippen molar-refractivity contribution >= 4 is 45.5 Å². The fourth-order valence-corrected chi connectivity index (χ4v) is 4.75. The van der Waals surface area contributed by atoms with Gasteiger partial charge in [0.15, 0.2) is 5.84 Å². The van der Waals surface area contributed by atoms with Crippen LogP contribution in [0, 0.1) is 36.3 Å². The molecule has 2 aromatic rings. The molecule has 10 heteroatoms. The molecule has 164 valence electrons. The number of amides is 1. The number of aromatic nitrogens is 1. The van der Waals surface area contributed by atoms with Crippen LogP contribution in [0.2, 0.25) is 0 Å². The lowest BCUT2D eigenvalue weighted by Crippen LogP contribution is -2.35. The van der Waals surface area contributed by atoms with E-state index in [4.69, 9.17) is 5.41 Å². The number of hydrogen-bond acceptors (Lipinski definition) is 6. The third-order valence-electron chi connectivity index (χ3n) is 5.37. The number of rotatable bonds is 5. The molecule has 0 radical (unpaired) electrons. The number of thioether (sulfide) groups is 1. The monoisotopic (exact) mass is 450 g/mol. The van der Waals surface area contributed by atoms with Crippen molar-refractivity contribution in [2.45, 2.75) is 40.5 Å². The Hall–Kier alpha value is -3.53. The lowest BCUT2D eigenvalue weighted by molar-refractivity contribution is -0.384. The van der Waals surface area contributed by atoms with Crippen LogP contribution in [-0.4, -0.2) is 36.5 Å². The zero-order chi connectivity index (χ0) is 23.2. The minimum atomic E-state index is -0.474. The van der Waals surface area contributed by atoms with Gasteiger partial charge in [0.25, 0.3) is 11.6 Å². The standard InChI is InChI=1S/C22H22N6O3S/c1-5-6-19-25-27-20(23)17(21(29)24-22(27)32-19)10-15-9-13(3)26(14(15)4)18-11-16(28(30)31)8-7-12(18)2/h7-11,23H,5-6H2,1-4H3/b17-10-,23-20?. The minimum absolute atomic E-state index is 0.00469. The van der Waals surface area contributed by atoms with E-state index in [0.29, 0.717) is 10.9 Å². The number of non-ortho nitro benzene ring substituents is 1. The summed E-state index contributed by atoms with van der Waals surface area (Å²) in [6, 6.07) is 6.64. The van der Waals surface area contributed by atoms with Crippen LogP contribution in [0.1, 0.15) is 42.3 Å². The summed E-state index contributed by atoms with van der Waals surface area (Å²) in [5.74, 6) is -0.479. The predicted molar refractivity (Wildman–Crippen MR) is 127 cm³/mol. The maximum Gasteiger partial charge on any atom is 0.283 e. The average molecular weight is 451 g/mol. The maximum absolute atomic E-state index is 12.7. The van der Waals surface area contributed by atoms with E-state index in [9.17, 15) is 14.9 Å². The van der Waals surface area contributed by atoms with Gasteiger partial charge in [-0.05, 0) is 68.6 Å². The number of nitrogens with one attached hydrogen (secondary N) is 1. The molecule has 1 amide bonds. The Labute approximate surface area is 189 Å². The third kappa shape index (κ3) is 3.66. The van der Waals surface area contributed by atoms with E-state index in [-0.39, 0.29) is 17.1 Å². The number of nitro benzene ring substituents is 1. The van der Waals surface area contributed by atoms with Crippen molar-refractivity contribution < 1.29 is 9.72 Å². The first-order chi connectivity index (χ1) is 15.2. The number of benzene rings is 1. The second-order valence-corrected chi connectivity index (χ2v) is 8.69. The van der Waals surface area contributed by atoms with Gasteiger partial charge in [0, 0.05) is 23.5 Å². The highest BCUT2D eigenvalue weighted by Gasteiger charge is 2.35. The Morgan fingerprint density at radius 3 is 2.69 bits per heavy atom. The van der Waals surface area contributed by atoms with Crippen LogP contribution >= 0.6 is 11.8 Å². The number of aliphatic imine (C=N–C) groups is 1. The Bertz CT molecular complexity index is 1270. The number of nitro groups is 1. The summed E-state index contributed by atoms with van der Waals surface area (Å²) >= 11 is 1.33. The van der Waals surface area contributed by atoms with Crippen LogP contribution in [-0.2, 0) is 4.79 Å². The number of nitrogens with zero attached hydrogens (tertiary/aromatic N) is 5. The number of carbonyl (C=O) groups is 1. The molecule has 0 bridgehead atoms. The van der Waals surface area contributed by atoms with Crippen molar-refractivity contribution in [3.05, 3.63) is 62.5 Å². The Balaban J connectivity index is 1.76. The highest BCUT2D eigenvalue weighted by Crippen LogP contribution is 2.32. The summed E-state index contributed by atoms with van der Waals surface area (Å²) in [4.78, 5) is 27.7. The molecule has 1 N–H and O–H groups in total. The van der Waals surface area contributed by atoms with E-state index in [1.807, 2.05) is 38.3 Å². The molecular weight excluding hydrogens is 428 g/mol. The van der Waals surface area contributed by atoms with Crippen LogP contribution < -0.4 is 0 Å². The molecule has 3 heterocycles. The van der Waals surface area contributed by atoms with Gasteiger partial charge < -0.3 is 4.57 Å². The maximum atomic E-state index is 12.7. The number of carbonyl (C=O) groups excluding carboxylic acids is 1. The molecule has 32 heavy (non-hydrogen) atoms. The molecule has 0 atom stereocenters. The number of fused-ring (bicyclic) bond motifs is 1. The number of aryl methyl sites for hydroxylation is 2. The predicted octanol–water partition coefficient (Wildman–Crippen LogP) is 4.73. The van der Waals surface area contributed by atoms with Gasteiger partial charge in [-0.1, -0.05) is 13.0 Å². The second-order valence-electron chi connectivity index (χ2n) is 7.65. The summed E-state index contributed by atoms with van der Waals surface area (Å²) in [6.07, 6.45) is 3.33.